The van der Waals surface area contributed by atoms with Gasteiger partial charge in [-0.05, 0) is 24.7 Å². The van der Waals surface area contributed by atoms with E-state index in [-0.39, 0.29) is 5.91 Å². The molecule has 112 valence electrons. The van der Waals surface area contributed by atoms with Crippen LogP contribution in [0.3, 0.4) is 0 Å². The van der Waals surface area contributed by atoms with E-state index in [4.69, 9.17) is 10.5 Å². The summed E-state index contributed by atoms with van der Waals surface area (Å²) in [5.41, 5.74) is 6.81. The zero-order valence-corrected chi connectivity index (χ0v) is 13.2. The van der Waals surface area contributed by atoms with Gasteiger partial charge in [-0.15, -0.1) is 11.3 Å². The van der Waals surface area contributed by atoms with Crippen molar-refractivity contribution in [1.82, 2.24) is 5.32 Å². The molecule has 2 rings (SSSR count). The maximum atomic E-state index is 11.8. The van der Waals surface area contributed by atoms with Crippen LogP contribution in [0, 0.1) is 5.41 Å². The van der Waals surface area contributed by atoms with Gasteiger partial charge in [0.1, 0.15) is 15.6 Å². The lowest BCUT2D eigenvalue weighted by atomic mass is 9.67. The zero-order chi connectivity index (χ0) is 14.8. The lowest BCUT2D eigenvalue weighted by Crippen LogP contribution is -2.35. The van der Waals surface area contributed by atoms with Gasteiger partial charge in [0.2, 0.25) is 0 Å². The van der Waals surface area contributed by atoms with Crippen molar-refractivity contribution in [2.45, 2.75) is 32.6 Å². The SMILES string of the molecule is CCC1(CNc2sc(C(=O)NC)c(N)c2OC)CCC1. The Labute approximate surface area is 123 Å². The molecule has 20 heavy (non-hydrogen) atoms. The molecule has 0 spiro atoms. The lowest BCUT2D eigenvalue weighted by Gasteiger charge is -2.41. The summed E-state index contributed by atoms with van der Waals surface area (Å²) in [5.74, 6) is 0.409. The summed E-state index contributed by atoms with van der Waals surface area (Å²) >= 11 is 1.36. The van der Waals surface area contributed by atoms with Crippen molar-refractivity contribution in [1.29, 1.82) is 0 Å². The predicted octanol–water partition coefficient (Wildman–Crippen LogP) is 2.69. The third kappa shape index (κ3) is 2.57. The van der Waals surface area contributed by atoms with Gasteiger partial charge in [-0.1, -0.05) is 13.3 Å². The second-order valence-corrected chi connectivity index (χ2v) is 6.37. The van der Waals surface area contributed by atoms with Crippen LogP contribution in [-0.4, -0.2) is 26.6 Å². The van der Waals surface area contributed by atoms with Crippen LogP contribution in [-0.2, 0) is 0 Å². The molecule has 0 bridgehead atoms. The van der Waals surface area contributed by atoms with Crippen molar-refractivity contribution in [3.63, 3.8) is 0 Å². The number of carbonyl (C=O) groups excluding carboxylic acids is 1. The van der Waals surface area contributed by atoms with Gasteiger partial charge < -0.3 is 21.1 Å². The first-order valence-electron chi connectivity index (χ1n) is 6.99. The second kappa shape index (κ2) is 5.91. The minimum absolute atomic E-state index is 0.173. The minimum atomic E-state index is -0.173. The van der Waals surface area contributed by atoms with Crippen LogP contribution in [0.1, 0.15) is 42.3 Å². The Morgan fingerprint density at radius 1 is 1.50 bits per heavy atom. The molecule has 0 unspecified atom stereocenters. The fourth-order valence-corrected chi connectivity index (χ4v) is 3.66. The minimum Gasteiger partial charge on any atom is -0.492 e. The zero-order valence-electron chi connectivity index (χ0n) is 12.3. The molecule has 1 amide bonds. The highest BCUT2D eigenvalue weighted by Gasteiger charge is 2.35. The fraction of sp³-hybridized carbons (Fsp3) is 0.643. The molecule has 1 fully saturated rings. The molecule has 0 radical (unpaired) electrons. The molecule has 6 heteroatoms. The highest BCUT2D eigenvalue weighted by molar-refractivity contribution is 7.19. The van der Waals surface area contributed by atoms with E-state index < -0.39 is 0 Å². The van der Waals surface area contributed by atoms with Gasteiger partial charge in [0.15, 0.2) is 5.75 Å². The Bertz CT molecular complexity index is 489. The number of nitrogens with one attached hydrogen (secondary N) is 2. The number of hydrogen-bond donors (Lipinski definition) is 3. The molecular weight excluding hydrogens is 274 g/mol. The van der Waals surface area contributed by atoms with Crippen molar-refractivity contribution in [3.05, 3.63) is 4.88 Å². The van der Waals surface area contributed by atoms with Crippen LogP contribution >= 0.6 is 11.3 Å². The van der Waals surface area contributed by atoms with Gasteiger partial charge in [-0.2, -0.15) is 0 Å². The predicted molar refractivity (Wildman–Crippen MR) is 83.7 cm³/mol. The molecule has 1 saturated carbocycles. The number of rotatable bonds is 6. The van der Waals surface area contributed by atoms with Crippen LogP contribution < -0.4 is 21.1 Å². The first-order valence-corrected chi connectivity index (χ1v) is 7.80. The molecule has 5 nitrogen and oxygen atoms in total. The molecule has 1 aromatic heterocycles. The van der Waals surface area contributed by atoms with Gasteiger partial charge in [-0.25, -0.2) is 0 Å². The molecule has 0 saturated heterocycles. The Balaban J connectivity index is 2.16. The number of amides is 1. The van der Waals surface area contributed by atoms with E-state index in [2.05, 4.69) is 17.6 Å². The first-order chi connectivity index (χ1) is 9.56. The maximum absolute atomic E-state index is 11.8. The number of nitrogen functional groups attached to an aromatic ring is 1. The van der Waals surface area contributed by atoms with Gasteiger partial charge in [0, 0.05) is 13.6 Å². The van der Waals surface area contributed by atoms with Crippen molar-refractivity contribution < 1.29 is 9.53 Å². The smallest absolute Gasteiger partial charge is 0.263 e. The fourth-order valence-electron chi connectivity index (χ4n) is 2.63. The number of nitrogens with two attached hydrogens (primary N) is 1. The average Bonchev–Trinajstić information content (AvgIpc) is 2.73. The molecular formula is C14H23N3O2S. The number of anilines is 2. The van der Waals surface area contributed by atoms with E-state index >= 15 is 0 Å². The monoisotopic (exact) mass is 297 g/mol. The second-order valence-electron chi connectivity index (χ2n) is 5.35. The Hall–Kier alpha value is -1.43. The quantitative estimate of drug-likeness (QED) is 0.754. The van der Waals surface area contributed by atoms with Crippen LogP contribution in [0.25, 0.3) is 0 Å². The molecule has 1 aromatic rings. The Morgan fingerprint density at radius 3 is 2.65 bits per heavy atom. The van der Waals surface area contributed by atoms with Crippen molar-refractivity contribution >= 4 is 27.9 Å². The van der Waals surface area contributed by atoms with Crippen molar-refractivity contribution in [2.24, 2.45) is 5.41 Å². The summed E-state index contributed by atoms with van der Waals surface area (Å²) in [6, 6.07) is 0. The number of ether oxygens (including phenoxy) is 1. The third-order valence-electron chi connectivity index (χ3n) is 4.33. The number of thiophene rings is 1. The molecule has 0 aromatic carbocycles. The first kappa shape index (κ1) is 15.0. The highest BCUT2D eigenvalue weighted by Crippen LogP contribution is 2.46. The molecule has 1 heterocycles. The summed E-state index contributed by atoms with van der Waals surface area (Å²) in [6.07, 6.45) is 5.01. The molecule has 4 N–H and O–H groups in total. The van der Waals surface area contributed by atoms with Gasteiger partial charge >= 0.3 is 0 Å². The molecule has 1 aliphatic carbocycles. The van der Waals surface area contributed by atoms with Crippen LogP contribution in [0.2, 0.25) is 0 Å². The van der Waals surface area contributed by atoms with Crippen molar-refractivity contribution in [3.8, 4) is 5.75 Å². The van der Waals surface area contributed by atoms with Gasteiger partial charge in [0.25, 0.3) is 5.91 Å². The number of methoxy groups -OCH3 is 1. The van der Waals surface area contributed by atoms with E-state index in [0.29, 0.717) is 21.7 Å². The van der Waals surface area contributed by atoms with E-state index in [9.17, 15) is 4.79 Å². The topological polar surface area (TPSA) is 76.4 Å². The number of carbonyl (C=O) groups is 1. The maximum Gasteiger partial charge on any atom is 0.263 e. The van der Waals surface area contributed by atoms with E-state index in [0.717, 1.165) is 11.5 Å². The largest absolute Gasteiger partial charge is 0.492 e. The summed E-state index contributed by atoms with van der Waals surface area (Å²) in [5, 5.41) is 6.88. The number of hydrogen-bond acceptors (Lipinski definition) is 5. The highest BCUT2D eigenvalue weighted by atomic mass is 32.1. The van der Waals surface area contributed by atoms with Crippen LogP contribution in [0.5, 0.6) is 5.75 Å². The van der Waals surface area contributed by atoms with Gasteiger partial charge in [0.05, 0.1) is 7.11 Å². The average molecular weight is 297 g/mol. The normalized spacial score (nSPS) is 16.4. The van der Waals surface area contributed by atoms with E-state index in [1.54, 1.807) is 14.2 Å². The summed E-state index contributed by atoms with van der Waals surface area (Å²) < 4.78 is 5.34. The summed E-state index contributed by atoms with van der Waals surface area (Å²) in [6.45, 7) is 3.14. The Kier molecular flexibility index (Phi) is 4.42. The van der Waals surface area contributed by atoms with E-state index in [1.807, 2.05) is 0 Å². The Morgan fingerprint density at radius 2 is 2.20 bits per heavy atom. The summed E-state index contributed by atoms with van der Waals surface area (Å²) in [4.78, 5) is 12.3. The molecule has 1 aliphatic rings. The van der Waals surface area contributed by atoms with Crippen LogP contribution in [0.4, 0.5) is 10.7 Å². The van der Waals surface area contributed by atoms with E-state index in [1.165, 1.54) is 37.0 Å². The van der Waals surface area contributed by atoms with Gasteiger partial charge in [-0.3, -0.25) is 4.79 Å². The molecule has 0 aliphatic heterocycles. The van der Waals surface area contributed by atoms with Crippen molar-refractivity contribution in [2.75, 3.05) is 31.8 Å². The molecule has 0 atom stereocenters. The third-order valence-corrected chi connectivity index (χ3v) is 5.47. The van der Waals surface area contributed by atoms with Crippen LogP contribution in [0.15, 0.2) is 0 Å². The standard InChI is InChI=1S/C14H23N3O2S/c1-4-14(6-5-7-14)8-17-13-10(19-3)9(15)11(20-13)12(18)16-2/h17H,4-8,15H2,1-3H3,(H,16,18). The lowest BCUT2D eigenvalue weighted by molar-refractivity contribution is 0.0967. The summed E-state index contributed by atoms with van der Waals surface area (Å²) in [7, 11) is 3.18.